The highest BCUT2D eigenvalue weighted by molar-refractivity contribution is 6.04. The zero-order valence-electron chi connectivity index (χ0n) is 15.5. The Hall–Kier alpha value is -4.02. The summed E-state index contributed by atoms with van der Waals surface area (Å²) in [5.41, 5.74) is 9.06. The molecular weight excluding hydrogens is 366 g/mol. The molecule has 29 heavy (non-hydrogen) atoms. The number of amides is 2. The third kappa shape index (κ3) is 5.25. The summed E-state index contributed by atoms with van der Waals surface area (Å²) in [4.78, 5) is 28.4. The maximum atomic E-state index is 12.3. The number of carbonyl (C=O) groups is 2. The van der Waals surface area contributed by atoms with Gasteiger partial charge in [0.2, 0.25) is 0 Å². The number of hydrogen-bond acceptors (Lipinski definition) is 5. The molecule has 1 aromatic heterocycles. The van der Waals surface area contributed by atoms with Crippen LogP contribution in [-0.2, 0) is 0 Å². The van der Waals surface area contributed by atoms with Crippen molar-refractivity contribution in [2.75, 3.05) is 11.9 Å². The molecule has 7 nitrogen and oxygen atoms in total. The molecule has 0 spiro atoms. The number of nitrogens with one attached hydrogen (secondary N) is 2. The van der Waals surface area contributed by atoms with Crippen LogP contribution in [-0.4, -0.2) is 23.3 Å². The summed E-state index contributed by atoms with van der Waals surface area (Å²) < 4.78 is 0. The van der Waals surface area contributed by atoms with E-state index in [9.17, 15) is 9.59 Å². The van der Waals surface area contributed by atoms with E-state index in [1.54, 1.807) is 73.1 Å². The number of anilines is 1. The molecule has 0 bridgehead atoms. The van der Waals surface area contributed by atoms with Crippen molar-refractivity contribution in [3.8, 4) is 6.07 Å². The maximum absolute atomic E-state index is 12.3. The summed E-state index contributed by atoms with van der Waals surface area (Å²) in [6.45, 7) is 0.237. The topological polar surface area (TPSA) is 121 Å². The van der Waals surface area contributed by atoms with Gasteiger partial charge in [-0.25, -0.2) is 0 Å². The first kappa shape index (κ1) is 19.7. The summed E-state index contributed by atoms with van der Waals surface area (Å²) in [7, 11) is 0. The van der Waals surface area contributed by atoms with Gasteiger partial charge >= 0.3 is 0 Å². The fourth-order valence-corrected chi connectivity index (χ4v) is 2.64. The molecule has 3 aromatic rings. The molecule has 1 atom stereocenters. The molecule has 0 saturated heterocycles. The van der Waals surface area contributed by atoms with E-state index in [-0.39, 0.29) is 18.4 Å². The van der Waals surface area contributed by atoms with Gasteiger partial charge in [0.1, 0.15) is 0 Å². The Labute approximate surface area is 168 Å². The summed E-state index contributed by atoms with van der Waals surface area (Å²) >= 11 is 0. The summed E-state index contributed by atoms with van der Waals surface area (Å²) in [5, 5.41) is 14.4. The van der Waals surface area contributed by atoms with Crippen LogP contribution in [0.25, 0.3) is 0 Å². The third-order valence-electron chi connectivity index (χ3n) is 4.30. The zero-order chi connectivity index (χ0) is 20.6. The molecule has 2 amide bonds. The predicted molar refractivity (Wildman–Crippen MR) is 109 cm³/mol. The van der Waals surface area contributed by atoms with Crippen LogP contribution in [0.4, 0.5) is 5.69 Å². The van der Waals surface area contributed by atoms with Gasteiger partial charge in [-0.3, -0.25) is 14.6 Å². The molecule has 0 radical (unpaired) electrons. The second-order valence-corrected chi connectivity index (χ2v) is 6.32. The van der Waals surface area contributed by atoms with E-state index >= 15 is 0 Å². The van der Waals surface area contributed by atoms with E-state index in [1.807, 2.05) is 6.07 Å². The summed E-state index contributed by atoms with van der Waals surface area (Å²) in [6, 6.07) is 18.3. The number of nitriles is 1. The monoisotopic (exact) mass is 385 g/mol. The normalized spacial score (nSPS) is 11.2. The number of rotatable bonds is 6. The van der Waals surface area contributed by atoms with Crippen molar-refractivity contribution in [3.05, 3.63) is 95.3 Å². The van der Waals surface area contributed by atoms with Crippen molar-refractivity contribution >= 4 is 17.5 Å². The van der Waals surface area contributed by atoms with Crippen LogP contribution in [0.15, 0.2) is 73.1 Å². The molecule has 7 heteroatoms. The fraction of sp³-hybridized carbons (Fsp3) is 0.0909. The summed E-state index contributed by atoms with van der Waals surface area (Å²) in [6.07, 6.45) is 3.20. The summed E-state index contributed by atoms with van der Waals surface area (Å²) in [5.74, 6) is -0.497. The van der Waals surface area contributed by atoms with E-state index in [0.29, 0.717) is 22.4 Å². The van der Waals surface area contributed by atoms with Gasteiger partial charge in [0.15, 0.2) is 0 Å². The highest BCUT2D eigenvalue weighted by Crippen LogP contribution is 2.13. The van der Waals surface area contributed by atoms with Crippen molar-refractivity contribution < 1.29 is 9.59 Å². The van der Waals surface area contributed by atoms with Gasteiger partial charge in [0.05, 0.1) is 11.6 Å². The number of nitrogens with two attached hydrogens (primary N) is 1. The van der Waals surface area contributed by atoms with Crippen molar-refractivity contribution in [1.29, 1.82) is 5.26 Å². The molecular formula is C22H19N5O2. The molecule has 0 saturated carbocycles. The Morgan fingerprint density at radius 2 is 1.52 bits per heavy atom. The highest BCUT2D eigenvalue weighted by atomic mass is 16.2. The standard InChI is InChI=1S/C22H19N5O2/c23-13-15-1-3-17(4-2-15)21(28)26-14-20(24)16-5-7-18(8-6-16)22(29)27-19-9-11-25-12-10-19/h1-12,20H,14,24H2,(H,26,28)(H,25,27,29). The van der Waals surface area contributed by atoms with Crippen LogP contribution in [0.5, 0.6) is 0 Å². The third-order valence-corrected chi connectivity index (χ3v) is 4.30. The average Bonchev–Trinajstić information content (AvgIpc) is 2.78. The fourth-order valence-electron chi connectivity index (χ4n) is 2.64. The Bertz CT molecular complexity index is 1030. The first-order valence-corrected chi connectivity index (χ1v) is 8.92. The maximum Gasteiger partial charge on any atom is 0.255 e. The second-order valence-electron chi connectivity index (χ2n) is 6.32. The van der Waals surface area contributed by atoms with Crippen molar-refractivity contribution in [2.24, 2.45) is 5.73 Å². The molecule has 0 aliphatic carbocycles. The van der Waals surface area contributed by atoms with Gasteiger partial charge in [0.25, 0.3) is 11.8 Å². The Morgan fingerprint density at radius 1 is 0.931 bits per heavy atom. The van der Waals surface area contributed by atoms with Gasteiger partial charge in [-0.2, -0.15) is 5.26 Å². The van der Waals surface area contributed by atoms with Gasteiger partial charge < -0.3 is 16.4 Å². The van der Waals surface area contributed by atoms with Crippen LogP contribution >= 0.6 is 0 Å². The zero-order valence-corrected chi connectivity index (χ0v) is 15.5. The van der Waals surface area contributed by atoms with Crippen molar-refractivity contribution in [3.63, 3.8) is 0 Å². The van der Waals surface area contributed by atoms with E-state index in [2.05, 4.69) is 15.6 Å². The average molecular weight is 385 g/mol. The Balaban J connectivity index is 1.55. The SMILES string of the molecule is N#Cc1ccc(C(=O)NCC(N)c2ccc(C(=O)Nc3ccncc3)cc2)cc1. The van der Waals surface area contributed by atoms with E-state index in [4.69, 9.17) is 11.0 Å². The number of nitrogens with zero attached hydrogens (tertiary/aromatic N) is 2. The number of carbonyl (C=O) groups excluding carboxylic acids is 2. The van der Waals surface area contributed by atoms with Gasteiger partial charge in [0, 0.05) is 41.8 Å². The molecule has 2 aromatic carbocycles. The van der Waals surface area contributed by atoms with E-state index < -0.39 is 6.04 Å². The minimum atomic E-state index is -0.422. The smallest absolute Gasteiger partial charge is 0.255 e. The lowest BCUT2D eigenvalue weighted by atomic mass is 10.0. The number of pyridine rings is 1. The number of benzene rings is 2. The van der Waals surface area contributed by atoms with Crippen LogP contribution in [0.3, 0.4) is 0 Å². The second kappa shape index (κ2) is 9.26. The van der Waals surface area contributed by atoms with Crippen LogP contribution < -0.4 is 16.4 Å². The molecule has 3 rings (SSSR count). The number of hydrogen-bond donors (Lipinski definition) is 3. The molecule has 0 fully saturated rings. The molecule has 1 heterocycles. The van der Waals surface area contributed by atoms with Crippen LogP contribution in [0.1, 0.15) is 37.9 Å². The van der Waals surface area contributed by atoms with Crippen molar-refractivity contribution in [2.45, 2.75) is 6.04 Å². The molecule has 144 valence electrons. The minimum absolute atomic E-state index is 0.231. The van der Waals surface area contributed by atoms with Crippen LogP contribution in [0, 0.1) is 11.3 Å². The predicted octanol–water partition coefficient (Wildman–Crippen LogP) is 2.64. The van der Waals surface area contributed by atoms with E-state index in [0.717, 1.165) is 5.56 Å². The first-order valence-electron chi connectivity index (χ1n) is 8.92. The van der Waals surface area contributed by atoms with Crippen LogP contribution in [0.2, 0.25) is 0 Å². The largest absolute Gasteiger partial charge is 0.350 e. The quantitative estimate of drug-likeness (QED) is 0.602. The lowest BCUT2D eigenvalue weighted by Gasteiger charge is -2.14. The first-order chi connectivity index (χ1) is 14.1. The van der Waals surface area contributed by atoms with Gasteiger partial charge in [-0.15, -0.1) is 0 Å². The lowest BCUT2D eigenvalue weighted by molar-refractivity contribution is 0.0950. The lowest BCUT2D eigenvalue weighted by Crippen LogP contribution is -2.31. The highest BCUT2D eigenvalue weighted by Gasteiger charge is 2.12. The Kier molecular flexibility index (Phi) is 6.30. The van der Waals surface area contributed by atoms with Gasteiger partial charge in [-0.05, 0) is 54.1 Å². The molecule has 0 aliphatic heterocycles. The molecule has 1 unspecified atom stereocenters. The minimum Gasteiger partial charge on any atom is -0.350 e. The Morgan fingerprint density at radius 3 is 2.14 bits per heavy atom. The van der Waals surface area contributed by atoms with Crippen molar-refractivity contribution in [1.82, 2.24) is 10.3 Å². The molecule has 4 N–H and O–H groups in total. The van der Waals surface area contributed by atoms with E-state index in [1.165, 1.54) is 0 Å². The van der Waals surface area contributed by atoms with Gasteiger partial charge in [-0.1, -0.05) is 12.1 Å². The number of aromatic nitrogens is 1. The molecule has 0 aliphatic rings.